The zero-order valence-electron chi connectivity index (χ0n) is 16.0. The molecule has 1 fully saturated rings. The third-order valence-electron chi connectivity index (χ3n) is 4.59. The van der Waals surface area contributed by atoms with Crippen LogP contribution in [0.5, 0.6) is 0 Å². The van der Waals surface area contributed by atoms with Crippen molar-refractivity contribution >= 4 is 11.8 Å². The van der Waals surface area contributed by atoms with E-state index in [1.165, 1.54) is 0 Å². The monoisotopic (exact) mass is 376 g/mol. The zero-order chi connectivity index (χ0) is 20.1. The minimum Gasteiger partial charge on any atom is -0.481 e. The van der Waals surface area contributed by atoms with E-state index < -0.39 is 18.2 Å². The number of hydrogen-bond donors (Lipinski definition) is 3. The summed E-state index contributed by atoms with van der Waals surface area (Å²) in [5.74, 6) is -1.17. The molecule has 4 atom stereocenters. The highest BCUT2D eigenvalue weighted by atomic mass is 16.4. The average molecular weight is 376 g/mol. The number of carbonyl (C=O) groups excluding carboxylic acids is 1. The van der Waals surface area contributed by atoms with Crippen LogP contribution in [0.3, 0.4) is 0 Å². The van der Waals surface area contributed by atoms with Gasteiger partial charge in [0.15, 0.2) is 0 Å². The Morgan fingerprint density at radius 2 is 1.93 bits per heavy atom. The van der Waals surface area contributed by atoms with Gasteiger partial charge in [0.25, 0.3) is 0 Å². The number of aliphatic hydroxyl groups excluding tert-OH is 2. The van der Waals surface area contributed by atoms with Crippen LogP contribution >= 0.6 is 0 Å². The molecule has 0 heterocycles. The Morgan fingerprint density at radius 3 is 2.63 bits per heavy atom. The van der Waals surface area contributed by atoms with Crippen molar-refractivity contribution in [3.05, 3.63) is 48.6 Å². The third kappa shape index (κ3) is 9.50. The number of carboxylic acids is 1. The largest absolute Gasteiger partial charge is 0.481 e. The van der Waals surface area contributed by atoms with E-state index in [1.807, 2.05) is 43.4 Å². The molecule has 0 spiro atoms. The van der Waals surface area contributed by atoms with E-state index >= 15 is 0 Å². The van der Waals surface area contributed by atoms with E-state index in [4.69, 9.17) is 5.11 Å². The van der Waals surface area contributed by atoms with Gasteiger partial charge in [0.2, 0.25) is 0 Å². The molecule has 27 heavy (non-hydrogen) atoms. The molecule has 1 aliphatic rings. The molecule has 0 aromatic rings. The number of carboxylic acid groups (broad SMARTS) is 1. The molecule has 5 nitrogen and oxygen atoms in total. The van der Waals surface area contributed by atoms with E-state index in [9.17, 15) is 19.8 Å². The fourth-order valence-corrected chi connectivity index (χ4v) is 3.10. The van der Waals surface area contributed by atoms with Crippen LogP contribution in [0.4, 0.5) is 0 Å². The fraction of sp³-hybridized carbons (Fsp3) is 0.545. The van der Waals surface area contributed by atoms with Crippen LogP contribution in [0.1, 0.15) is 51.9 Å². The Bertz CT molecular complexity index is 573. The van der Waals surface area contributed by atoms with Crippen molar-refractivity contribution in [2.24, 2.45) is 11.8 Å². The number of aliphatic hydroxyl groups is 2. The number of carbonyl (C=O) groups is 2. The lowest BCUT2D eigenvalue weighted by Crippen LogP contribution is -2.18. The lowest BCUT2D eigenvalue weighted by molar-refractivity contribution is -0.136. The van der Waals surface area contributed by atoms with Crippen molar-refractivity contribution in [1.29, 1.82) is 0 Å². The molecule has 5 heteroatoms. The first-order valence-electron chi connectivity index (χ1n) is 9.69. The minimum atomic E-state index is -0.803. The number of aliphatic carboxylic acids is 1. The number of Topliss-reactive ketones (excluding diaryl/α,β-unsaturated/α-hetero) is 1. The maximum atomic E-state index is 12.0. The van der Waals surface area contributed by atoms with Crippen molar-refractivity contribution < 1.29 is 24.9 Å². The molecule has 0 aliphatic heterocycles. The van der Waals surface area contributed by atoms with E-state index in [2.05, 4.69) is 0 Å². The maximum absolute atomic E-state index is 12.0. The summed E-state index contributed by atoms with van der Waals surface area (Å²) in [4.78, 5) is 22.4. The Morgan fingerprint density at radius 1 is 1.19 bits per heavy atom. The molecule has 0 unspecified atom stereocenters. The first-order chi connectivity index (χ1) is 13.0. The van der Waals surface area contributed by atoms with Gasteiger partial charge < -0.3 is 15.3 Å². The van der Waals surface area contributed by atoms with Crippen LogP contribution in [-0.2, 0) is 9.59 Å². The van der Waals surface area contributed by atoms with Gasteiger partial charge in [-0.3, -0.25) is 9.59 Å². The molecule has 0 radical (unpaired) electrons. The van der Waals surface area contributed by atoms with Crippen molar-refractivity contribution in [3.63, 3.8) is 0 Å². The summed E-state index contributed by atoms with van der Waals surface area (Å²) in [7, 11) is 0. The van der Waals surface area contributed by atoms with Crippen LogP contribution in [0.25, 0.3) is 0 Å². The molecular weight excluding hydrogens is 344 g/mol. The second-order valence-electron chi connectivity index (χ2n) is 6.84. The van der Waals surface area contributed by atoms with Gasteiger partial charge in [-0.05, 0) is 32.1 Å². The molecule has 0 bridgehead atoms. The molecule has 1 saturated carbocycles. The highest BCUT2D eigenvalue weighted by Crippen LogP contribution is 2.33. The second-order valence-corrected chi connectivity index (χ2v) is 6.84. The summed E-state index contributed by atoms with van der Waals surface area (Å²) >= 11 is 0. The lowest BCUT2D eigenvalue weighted by Gasteiger charge is -2.16. The summed E-state index contributed by atoms with van der Waals surface area (Å²) in [6, 6.07) is 0. The van der Waals surface area contributed by atoms with E-state index in [1.54, 1.807) is 12.2 Å². The molecule has 0 saturated heterocycles. The van der Waals surface area contributed by atoms with Gasteiger partial charge in [0, 0.05) is 24.7 Å². The average Bonchev–Trinajstić information content (AvgIpc) is 2.88. The number of hydrogen-bond acceptors (Lipinski definition) is 4. The first kappa shape index (κ1) is 23.1. The fourth-order valence-electron chi connectivity index (χ4n) is 3.10. The lowest BCUT2D eigenvalue weighted by atomic mass is 9.90. The molecule has 1 aliphatic carbocycles. The van der Waals surface area contributed by atoms with Crippen LogP contribution in [-0.4, -0.2) is 39.3 Å². The van der Waals surface area contributed by atoms with E-state index in [-0.39, 0.29) is 30.5 Å². The van der Waals surface area contributed by atoms with Crippen LogP contribution < -0.4 is 0 Å². The smallest absolute Gasteiger partial charge is 0.303 e. The second kappa shape index (κ2) is 13.2. The van der Waals surface area contributed by atoms with Gasteiger partial charge in [0.1, 0.15) is 5.78 Å². The summed E-state index contributed by atoms with van der Waals surface area (Å²) in [5.41, 5.74) is 0. The molecular formula is C22H32O5. The van der Waals surface area contributed by atoms with Crippen molar-refractivity contribution in [1.82, 2.24) is 0 Å². The Balaban J connectivity index is 2.40. The number of ketones is 1. The molecule has 0 aromatic heterocycles. The number of rotatable bonds is 12. The zero-order valence-corrected chi connectivity index (χ0v) is 16.0. The van der Waals surface area contributed by atoms with Crippen LogP contribution in [0, 0.1) is 11.8 Å². The number of allylic oxidation sites excluding steroid dienone is 5. The molecule has 150 valence electrons. The van der Waals surface area contributed by atoms with Gasteiger partial charge in [-0.2, -0.15) is 0 Å². The molecule has 0 aromatic carbocycles. The predicted molar refractivity (Wildman–Crippen MR) is 106 cm³/mol. The highest BCUT2D eigenvalue weighted by molar-refractivity contribution is 5.84. The summed E-state index contributed by atoms with van der Waals surface area (Å²) in [6.45, 7) is 2.04. The van der Waals surface area contributed by atoms with Gasteiger partial charge in [0.05, 0.1) is 12.2 Å². The molecule has 1 rings (SSSR count). The molecule has 0 amide bonds. The van der Waals surface area contributed by atoms with Gasteiger partial charge >= 0.3 is 5.97 Å². The maximum Gasteiger partial charge on any atom is 0.303 e. The summed E-state index contributed by atoms with van der Waals surface area (Å²) in [5, 5.41) is 28.7. The van der Waals surface area contributed by atoms with Crippen molar-refractivity contribution in [2.45, 2.75) is 64.1 Å². The van der Waals surface area contributed by atoms with E-state index in [0.717, 1.165) is 6.42 Å². The van der Waals surface area contributed by atoms with Crippen molar-refractivity contribution in [3.8, 4) is 0 Å². The standard InChI is InChI=1S/C22H32O5/c1-2-3-8-12-18-19(21(25)16-20(18)24)15-14-17(23)11-9-6-4-5-7-10-13-22(26)27/h3,5-9,14-15,17-19,21,23,25H,2,4,10-13,16H2,1H3,(H,26,27)/b7-5-,8-3-,9-6-,15-14+/t17-,18+,19+,21+/m1/s1. The third-order valence-corrected chi connectivity index (χ3v) is 4.59. The Labute approximate surface area is 161 Å². The highest BCUT2D eigenvalue weighted by Gasteiger charge is 2.39. The minimum absolute atomic E-state index is 0.0852. The van der Waals surface area contributed by atoms with Crippen LogP contribution in [0.2, 0.25) is 0 Å². The predicted octanol–water partition coefficient (Wildman–Crippen LogP) is 3.58. The topological polar surface area (TPSA) is 94.8 Å². The quantitative estimate of drug-likeness (QED) is 0.453. The van der Waals surface area contributed by atoms with Gasteiger partial charge in [-0.25, -0.2) is 0 Å². The SMILES string of the molecule is CC/C=C\C[C@@H]1C(=O)C[C@H](O)[C@H]1/C=C/[C@H](O)C/C=C\C/C=C\CCC(=O)O. The summed E-state index contributed by atoms with van der Waals surface area (Å²) < 4.78 is 0. The normalized spacial score (nSPS) is 24.9. The Kier molecular flexibility index (Phi) is 11.3. The summed E-state index contributed by atoms with van der Waals surface area (Å²) in [6.07, 6.45) is 17.2. The first-order valence-corrected chi connectivity index (χ1v) is 9.69. The van der Waals surface area contributed by atoms with Gasteiger partial charge in [-0.15, -0.1) is 0 Å². The van der Waals surface area contributed by atoms with Crippen molar-refractivity contribution in [2.75, 3.05) is 0 Å². The van der Waals surface area contributed by atoms with Gasteiger partial charge in [-0.1, -0.05) is 55.5 Å². The Hall–Kier alpha value is -1.98. The molecule has 3 N–H and O–H groups in total. The van der Waals surface area contributed by atoms with Crippen LogP contribution in [0.15, 0.2) is 48.6 Å². The van der Waals surface area contributed by atoms with E-state index in [0.29, 0.717) is 25.7 Å².